The molecule has 3 aliphatic heterocycles. The van der Waals surface area contributed by atoms with E-state index in [1.54, 1.807) is 59.7 Å². The second kappa shape index (κ2) is 20.7. The van der Waals surface area contributed by atoms with Gasteiger partial charge in [0.2, 0.25) is 0 Å². The van der Waals surface area contributed by atoms with Crippen LogP contribution in [0.15, 0.2) is 23.8 Å². The molecular formula is C38H63NO14. The van der Waals surface area contributed by atoms with Gasteiger partial charge in [0.1, 0.15) is 36.8 Å². The first-order valence-corrected chi connectivity index (χ1v) is 18.7. The van der Waals surface area contributed by atoms with E-state index < -0.39 is 116 Å². The van der Waals surface area contributed by atoms with Crippen LogP contribution in [-0.2, 0) is 42.8 Å². The van der Waals surface area contributed by atoms with Crippen molar-refractivity contribution in [2.45, 2.75) is 147 Å². The number of aliphatic hydroxyl groups is 5. The Hall–Kier alpha value is -2.15. The maximum atomic E-state index is 13.5. The lowest BCUT2D eigenvalue weighted by Gasteiger charge is -2.46. The second-order valence-electron chi connectivity index (χ2n) is 15.1. The van der Waals surface area contributed by atoms with Gasteiger partial charge in [0.25, 0.3) is 0 Å². The van der Waals surface area contributed by atoms with Gasteiger partial charge in [0.15, 0.2) is 18.4 Å². The van der Waals surface area contributed by atoms with E-state index in [2.05, 4.69) is 0 Å². The number of hydrogen-bond donors (Lipinski definition) is 5. The summed E-state index contributed by atoms with van der Waals surface area (Å²) in [7, 11) is 4.78. The summed E-state index contributed by atoms with van der Waals surface area (Å²) in [6.07, 6.45) is -6.88. The van der Waals surface area contributed by atoms with E-state index in [4.69, 9.17) is 28.4 Å². The van der Waals surface area contributed by atoms with Crippen LogP contribution in [0.2, 0.25) is 0 Å². The number of cyclic esters (lactones) is 1. The maximum Gasteiger partial charge on any atom is 0.308 e. The molecule has 0 aromatic heterocycles. The number of allylic oxidation sites excluding steroid dienone is 3. The van der Waals surface area contributed by atoms with Gasteiger partial charge in [-0.1, -0.05) is 38.5 Å². The number of aliphatic hydroxyl groups excluding tert-OH is 5. The van der Waals surface area contributed by atoms with Gasteiger partial charge in [-0.3, -0.25) is 9.59 Å². The Morgan fingerprint density at radius 1 is 0.906 bits per heavy atom. The highest BCUT2D eigenvalue weighted by Crippen LogP contribution is 2.34. The van der Waals surface area contributed by atoms with E-state index in [0.29, 0.717) is 18.3 Å². The Morgan fingerprint density at radius 3 is 2.15 bits per heavy atom. The topological polar surface area (TPSA) is 211 Å². The number of carbonyl (C=O) groups is 3. The molecule has 15 heteroatoms. The number of aldehydes is 1. The Balaban J connectivity index is 1.96. The van der Waals surface area contributed by atoms with Gasteiger partial charge in [-0.25, -0.2) is 0 Å². The molecule has 2 fully saturated rings. The molecule has 0 radical (unpaired) electrons. The van der Waals surface area contributed by atoms with Crippen molar-refractivity contribution in [2.75, 3.05) is 27.8 Å². The number of ketones is 1. The first kappa shape index (κ1) is 45.2. The van der Waals surface area contributed by atoms with Crippen molar-refractivity contribution in [3.8, 4) is 0 Å². The Morgan fingerprint density at radius 2 is 1.55 bits per heavy atom. The SMILES string of the molecule is CC[C@H]1OC(=O)C[C@@H](O)[C@H](C)[C@@H](O[C@@H]2O[C@H](C)[C@@H](O)[C@H](N(C)C)[C@H]2O)[C@@H](CC=O)C[C@@H](C)C(=O)C=CC(C)=C[C@@H]1CO[C@@H]1O[C@H](C)[C@@H](O)[C@@H](O)[C@H]1OC. The zero-order valence-corrected chi connectivity index (χ0v) is 32.5. The van der Waals surface area contributed by atoms with Gasteiger partial charge >= 0.3 is 5.97 Å². The van der Waals surface area contributed by atoms with E-state index >= 15 is 0 Å². The van der Waals surface area contributed by atoms with Crippen LogP contribution < -0.4 is 0 Å². The molecule has 3 aliphatic rings. The largest absolute Gasteiger partial charge is 0.462 e. The number of esters is 1. The number of hydrogen-bond acceptors (Lipinski definition) is 15. The molecule has 0 bridgehead atoms. The van der Waals surface area contributed by atoms with Crippen LogP contribution in [0, 0.1) is 23.7 Å². The van der Waals surface area contributed by atoms with Crippen LogP contribution in [0.3, 0.4) is 0 Å². The predicted octanol–water partition coefficient (Wildman–Crippen LogP) is 0.908. The summed E-state index contributed by atoms with van der Waals surface area (Å²) < 4.78 is 35.6. The normalized spacial score (nSPS) is 42.6. The fourth-order valence-corrected chi connectivity index (χ4v) is 7.51. The Bertz CT molecular complexity index is 1250. The molecule has 53 heavy (non-hydrogen) atoms. The van der Waals surface area contributed by atoms with Crippen LogP contribution in [0.25, 0.3) is 0 Å². The van der Waals surface area contributed by atoms with Crippen LogP contribution in [0.4, 0.5) is 0 Å². The highest BCUT2D eigenvalue weighted by atomic mass is 16.7. The molecule has 0 aliphatic carbocycles. The van der Waals surface area contributed by atoms with Gasteiger partial charge in [0.05, 0.1) is 49.6 Å². The number of nitrogens with zero attached hydrogens (tertiary/aromatic N) is 1. The number of rotatable bonds is 10. The molecule has 3 heterocycles. The Labute approximate surface area is 313 Å². The third-order valence-electron chi connectivity index (χ3n) is 10.9. The lowest BCUT2D eigenvalue weighted by atomic mass is 9.79. The molecule has 3 rings (SSSR count). The van der Waals surface area contributed by atoms with E-state index in [1.807, 2.05) is 13.0 Å². The van der Waals surface area contributed by atoms with Crippen molar-refractivity contribution in [1.82, 2.24) is 4.90 Å². The fourth-order valence-electron chi connectivity index (χ4n) is 7.51. The number of ether oxygens (including phenoxy) is 6. The standard InChI is InChI=1S/C38H63NO14/c1-10-28-25(18-49-38-36(48-9)34(47)32(45)23(6)51-38)15-19(2)11-12-26(41)20(3)16-24(13-14-40)35(21(4)27(42)17-29(43)52-28)53-37-33(46)30(39(7)8)31(44)22(5)50-37/h11-12,14-15,20-25,27-28,30-38,42,44-47H,10,13,16-18H2,1-9H3/t20-,21+,22-,23-,24+,25-,27-,28-,30+,31-,32-,33-,34-,35-,36-,37+,38-/m1/s1. The van der Waals surface area contributed by atoms with E-state index in [1.165, 1.54) is 13.2 Å². The van der Waals surface area contributed by atoms with Crippen LogP contribution in [-0.4, -0.2) is 156 Å². The predicted molar refractivity (Wildman–Crippen MR) is 191 cm³/mol. The van der Waals surface area contributed by atoms with Crippen molar-refractivity contribution < 1.29 is 68.3 Å². The number of likely N-dealkylation sites (N-methyl/N-ethyl adjacent to an activating group) is 1. The van der Waals surface area contributed by atoms with Crippen molar-refractivity contribution >= 4 is 18.0 Å². The minimum atomic E-state index is -1.33. The van der Waals surface area contributed by atoms with Crippen molar-refractivity contribution in [3.05, 3.63) is 23.8 Å². The highest BCUT2D eigenvalue weighted by Gasteiger charge is 2.48. The van der Waals surface area contributed by atoms with Crippen molar-refractivity contribution in [2.24, 2.45) is 23.7 Å². The van der Waals surface area contributed by atoms with Gasteiger partial charge in [-0.15, -0.1) is 0 Å². The molecule has 5 N–H and O–H groups in total. The summed E-state index contributed by atoms with van der Waals surface area (Å²) in [4.78, 5) is 40.6. The average molecular weight is 758 g/mol. The first-order chi connectivity index (χ1) is 24.9. The van der Waals surface area contributed by atoms with E-state index in [0.717, 1.165) is 0 Å². The lowest BCUT2D eigenvalue weighted by Crippen LogP contribution is -2.63. The van der Waals surface area contributed by atoms with E-state index in [-0.39, 0.29) is 25.2 Å². The van der Waals surface area contributed by atoms with Crippen molar-refractivity contribution in [1.29, 1.82) is 0 Å². The molecule has 0 aromatic carbocycles. The summed E-state index contributed by atoms with van der Waals surface area (Å²) in [5, 5.41) is 54.4. The van der Waals surface area contributed by atoms with Crippen LogP contribution >= 0.6 is 0 Å². The molecule has 0 saturated carbocycles. The summed E-state index contributed by atoms with van der Waals surface area (Å²) in [5.41, 5.74) is 0.673. The number of methoxy groups -OCH3 is 1. The van der Waals surface area contributed by atoms with Crippen molar-refractivity contribution in [3.63, 3.8) is 0 Å². The molecule has 0 unspecified atom stereocenters. The number of carbonyl (C=O) groups excluding carboxylic acids is 3. The third kappa shape index (κ3) is 11.7. The molecule has 0 aromatic rings. The highest BCUT2D eigenvalue weighted by molar-refractivity contribution is 5.91. The monoisotopic (exact) mass is 757 g/mol. The molecule has 2 saturated heterocycles. The van der Waals surface area contributed by atoms with Crippen LogP contribution in [0.1, 0.15) is 67.2 Å². The zero-order valence-electron chi connectivity index (χ0n) is 32.5. The van der Waals surface area contributed by atoms with Gasteiger partial charge in [-0.05, 0) is 59.7 Å². The lowest BCUT2D eigenvalue weighted by molar-refractivity contribution is -0.304. The molecule has 15 nitrogen and oxygen atoms in total. The fraction of sp³-hybridized carbons (Fsp3) is 0.816. The smallest absolute Gasteiger partial charge is 0.308 e. The van der Waals surface area contributed by atoms with E-state index in [9.17, 15) is 39.9 Å². The minimum absolute atomic E-state index is 0.0342. The molecule has 304 valence electrons. The Kier molecular flexibility index (Phi) is 17.6. The molecule has 17 atom stereocenters. The minimum Gasteiger partial charge on any atom is -0.462 e. The van der Waals surface area contributed by atoms with Gasteiger partial charge in [0, 0.05) is 31.3 Å². The summed E-state index contributed by atoms with van der Waals surface area (Å²) in [6, 6.07) is -0.746. The maximum absolute atomic E-state index is 13.5. The molecular weight excluding hydrogens is 694 g/mol. The molecule has 0 amide bonds. The zero-order chi connectivity index (χ0) is 39.7. The van der Waals surface area contributed by atoms with Gasteiger partial charge < -0.3 is 63.6 Å². The average Bonchev–Trinajstić information content (AvgIpc) is 3.10. The first-order valence-electron chi connectivity index (χ1n) is 18.7. The second-order valence-corrected chi connectivity index (χ2v) is 15.1. The molecule has 0 spiro atoms. The summed E-state index contributed by atoms with van der Waals surface area (Å²) in [5.74, 6) is -3.48. The quantitative estimate of drug-likeness (QED) is 0.155. The summed E-state index contributed by atoms with van der Waals surface area (Å²) >= 11 is 0. The van der Waals surface area contributed by atoms with Crippen LogP contribution in [0.5, 0.6) is 0 Å². The van der Waals surface area contributed by atoms with Gasteiger partial charge in [-0.2, -0.15) is 0 Å². The summed E-state index contributed by atoms with van der Waals surface area (Å²) in [6.45, 7) is 10.2. The third-order valence-corrected chi connectivity index (χ3v) is 10.9.